The zero-order valence-corrected chi connectivity index (χ0v) is 15.7. The van der Waals surface area contributed by atoms with Gasteiger partial charge < -0.3 is 11.5 Å². The van der Waals surface area contributed by atoms with Crippen LogP contribution in [0.2, 0.25) is 0 Å². The van der Waals surface area contributed by atoms with Crippen LogP contribution in [0.15, 0.2) is 51.2 Å². The predicted octanol–water partition coefficient (Wildman–Crippen LogP) is 4.85. The number of amides is 1. The van der Waals surface area contributed by atoms with Gasteiger partial charge in [0.25, 0.3) is 5.91 Å². The van der Waals surface area contributed by atoms with Gasteiger partial charge in [0.1, 0.15) is 0 Å². The van der Waals surface area contributed by atoms with Gasteiger partial charge in [0, 0.05) is 15.4 Å². The first-order valence-electron chi connectivity index (χ1n) is 8.06. The molecular formula is C18H15F6N3OS. The standard InChI is InChI=1S/C18H15F6N3OS/c1-2-9-7-14(29-11-5-3-10(4-6-11)17(19,20)21)13(18(22,23)24)8-12(9)15(28)27-16(25)26/h3-8H,2H2,1H3,(H4,25,26,27,28). The Labute approximate surface area is 166 Å². The fourth-order valence-electron chi connectivity index (χ4n) is 2.44. The van der Waals surface area contributed by atoms with E-state index in [0.717, 1.165) is 24.3 Å². The van der Waals surface area contributed by atoms with Crippen LogP contribution in [0.1, 0.15) is 34.0 Å². The number of nitrogens with zero attached hydrogens (tertiary/aromatic N) is 1. The quantitative estimate of drug-likeness (QED) is 0.409. The molecule has 0 bridgehead atoms. The molecule has 4 nitrogen and oxygen atoms in total. The van der Waals surface area contributed by atoms with Crippen LogP contribution in [0, 0.1) is 0 Å². The van der Waals surface area contributed by atoms with Gasteiger partial charge in [0.2, 0.25) is 0 Å². The number of hydrogen-bond donors (Lipinski definition) is 2. The minimum absolute atomic E-state index is 0.175. The minimum Gasteiger partial charge on any atom is -0.370 e. The van der Waals surface area contributed by atoms with Crippen molar-refractivity contribution in [2.75, 3.05) is 0 Å². The highest BCUT2D eigenvalue weighted by molar-refractivity contribution is 7.99. The van der Waals surface area contributed by atoms with Crippen LogP contribution in [-0.2, 0) is 18.8 Å². The number of carbonyl (C=O) groups is 1. The molecule has 11 heteroatoms. The molecule has 0 unspecified atom stereocenters. The third-order valence-corrected chi connectivity index (χ3v) is 4.83. The average Bonchev–Trinajstić information content (AvgIpc) is 2.59. The second-order valence-electron chi connectivity index (χ2n) is 5.82. The predicted molar refractivity (Wildman–Crippen MR) is 96.5 cm³/mol. The summed E-state index contributed by atoms with van der Waals surface area (Å²) in [5, 5.41) is 0. The molecule has 0 aliphatic heterocycles. The number of guanidine groups is 1. The van der Waals surface area contributed by atoms with Gasteiger partial charge in [-0.2, -0.15) is 31.3 Å². The summed E-state index contributed by atoms with van der Waals surface area (Å²) in [7, 11) is 0. The van der Waals surface area contributed by atoms with Crippen LogP contribution in [0.4, 0.5) is 26.3 Å². The topological polar surface area (TPSA) is 81.5 Å². The van der Waals surface area contributed by atoms with Crippen LogP contribution < -0.4 is 11.5 Å². The Balaban J connectivity index is 2.53. The SMILES string of the molecule is CCc1cc(Sc2ccc(C(F)(F)F)cc2)c(C(F)(F)F)cc1C(=O)N=C(N)N. The Kier molecular flexibility index (Phi) is 6.51. The van der Waals surface area contributed by atoms with Gasteiger partial charge in [0.15, 0.2) is 5.96 Å². The average molecular weight is 435 g/mol. The zero-order valence-electron chi connectivity index (χ0n) is 14.9. The van der Waals surface area contributed by atoms with E-state index in [0.29, 0.717) is 17.8 Å². The fourth-order valence-corrected chi connectivity index (χ4v) is 3.45. The van der Waals surface area contributed by atoms with Crippen LogP contribution in [-0.4, -0.2) is 11.9 Å². The molecule has 0 saturated carbocycles. The Hall–Kier alpha value is -2.69. The van der Waals surface area contributed by atoms with Gasteiger partial charge in [-0.15, -0.1) is 0 Å². The molecule has 4 N–H and O–H groups in total. The van der Waals surface area contributed by atoms with Crippen molar-refractivity contribution >= 4 is 23.6 Å². The number of benzene rings is 2. The zero-order chi connectivity index (χ0) is 22.0. The van der Waals surface area contributed by atoms with Crippen LogP contribution in [0.25, 0.3) is 0 Å². The second kappa shape index (κ2) is 8.36. The maximum Gasteiger partial charge on any atom is 0.417 e. The van der Waals surface area contributed by atoms with E-state index in [1.807, 2.05) is 0 Å². The van der Waals surface area contributed by atoms with Crippen LogP contribution in [0.5, 0.6) is 0 Å². The number of halogens is 6. The number of rotatable bonds is 4. The first-order valence-corrected chi connectivity index (χ1v) is 8.87. The van der Waals surface area contributed by atoms with Gasteiger partial charge in [0.05, 0.1) is 11.1 Å². The number of aliphatic imine (C=N–C) groups is 1. The lowest BCUT2D eigenvalue weighted by Crippen LogP contribution is -2.24. The molecule has 2 aromatic rings. The first kappa shape index (κ1) is 22.6. The number of carbonyl (C=O) groups excluding carboxylic acids is 1. The summed E-state index contributed by atoms with van der Waals surface area (Å²) >= 11 is 0.640. The Bertz CT molecular complexity index is 932. The lowest BCUT2D eigenvalue weighted by atomic mass is 10.0. The van der Waals surface area contributed by atoms with Crippen molar-refractivity contribution in [1.29, 1.82) is 0 Å². The van der Waals surface area contributed by atoms with Crippen LogP contribution >= 0.6 is 11.8 Å². The van der Waals surface area contributed by atoms with Crippen molar-refractivity contribution in [3.05, 3.63) is 58.7 Å². The molecule has 0 heterocycles. The molecule has 0 aliphatic rings. The molecule has 156 valence electrons. The molecule has 0 aromatic heterocycles. The highest BCUT2D eigenvalue weighted by Crippen LogP contribution is 2.42. The molecule has 0 spiro atoms. The third kappa shape index (κ3) is 5.66. The summed E-state index contributed by atoms with van der Waals surface area (Å²) in [5.41, 5.74) is 8.18. The maximum atomic E-state index is 13.6. The summed E-state index contributed by atoms with van der Waals surface area (Å²) in [6.45, 7) is 1.63. The monoisotopic (exact) mass is 435 g/mol. The fraction of sp³-hybridized carbons (Fsp3) is 0.222. The van der Waals surface area contributed by atoms with E-state index in [1.165, 1.54) is 6.07 Å². The van der Waals surface area contributed by atoms with Crippen molar-refractivity contribution in [1.82, 2.24) is 0 Å². The van der Waals surface area contributed by atoms with Crippen LogP contribution in [0.3, 0.4) is 0 Å². The van der Waals surface area contributed by atoms with Crippen molar-refractivity contribution in [3.8, 4) is 0 Å². The summed E-state index contributed by atoms with van der Waals surface area (Å²) in [6.07, 6.45) is -9.16. The molecule has 2 rings (SSSR count). The molecule has 2 aromatic carbocycles. The summed E-state index contributed by atoms with van der Waals surface area (Å²) in [4.78, 5) is 15.3. The molecular weight excluding hydrogens is 420 g/mol. The summed E-state index contributed by atoms with van der Waals surface area (Å²) in [5.74, 6) is -1.60. The number of hydrogen-bond acceptors (Lipinski definition) is 2. The lowest BCUT2D eigenvalue weighted by molar-refractivity contribution is -0.140. The molecule has 1 amide bonds. The van der Waals surface area contributed by atoms with Gasteiger partial charge in [-0.3, -0.25) is 4.79 Å². The van der Waals surface area contributed by atoms with E-state index in [-0.39, 0.29) is 27.3 Å². The molecule has 0 atom stereocenters. The van der Waals surface area contributed by atoms with E-state index in [4.69, 9.17) is 11.5 Å². The van der Waals surface area contributed by atoms with Gasteiger partial charge in [-0.05, 0) is 48.4 Å². The van der Waals surface area contributed by atoms with Crippen molar-refractivity contribution in [2.45, 2.75) is 35.5 Å². The molecule has 29 heavy (non-hydrogen) atoms. The Morgan fingerprint density at radius 3 is 2.03 bits per heavy atom. The van der Waals surface area contributed by atoms with E-state index >= 15 is 0 Å². The normalized spacial score (nSPS) is 12.0. The van der Waals surface area contributed by atoms with Gasteiger partial charge in [-0.25, -0.2) is 0 Å². The largest absolute Gasteiger partial charge is 0.417 e. The highest BCUT2D eigenvalue weighted by Gasteiger charge is 2.35. The number of alkyl halides is 6. The van der Waals surface area contributed by atoms with Gasteiger partial charge >= 0.3 is 12.4 Å². The summed E-state index contributed by atoms with van der Waals surface area (Å²) in [6, 6.07) is 5.55. The summed E-state index contributed by atoms with van der Waals surface area (Å²) < 4.78 is 78.6. The second-order valence-corrected chi connectivity index (χ2v) is 6.94. The molecule has 0 saturated heterocycles. The van der Waals surface area contributed by atoms with E-state index in [1.54, 1.807) is 6.92 Å². The maximum absolute atomic E-state index is 13.6. The van der Waals surface area contributed by atoms with E-state index < -0.39 is 35.3 Å². The Morgan fingerprint density at radius 1 is 1.00 bits per heavy atom. The third-order valence-electron chi connectivity index (χ3n) is 3.76. The lowest BCUT2D eigenvalue weighted by Gasteiger charge is -2.16. The highest BCUT2D eigenvalue weighted by atomic mass is 32.2. The Morgan fingerprint density at radius 2 is 1.59 bits per heavy atom. The number of nitrogens with two attached hydrogens (primary N) is 2. The molecule has 0 radical (unpaired) electrons. The van der Waals surface area contributed by atoms with Gasteiger partial charge in [-0.1, -0.05) is 18.7 Å². The van der Waals surface area contributed by atoms with E-state index in [2.05, 4.69) is 4.99 Å². The van der Waals surface area contributed by atoms with Crippen molar-refractivity contribution in [3.63, 3.8) is 0 Å². The smallest absolute Gasteiger partial charge is 0.370 e. The van der Waals surface area contributed by atoms with Crippen molar-refractivity contribution < 1.29 is 31.1 Å². The van der Waals surface area contributed by atoms with Crippen molar-refractivity contribution in [2.24, 2.45) is 16.5 Å². The molecule has 0 fully saturated rings. The molecule has 0 aliphatic carbocycles. The minimum atomic E-state index is -4.81. The van der Waals surface area contributed by atoms with E-state index in [9.17, 15) is 31.1 Å². The first-order chi connectivity index (χ1) is 13.3. The number of aryl methyl sites for hydroxylation is 1.